The molecular formula is C21H27N5OS. The molecule has 1 fully saturated rings. The summed E-state index contributed by atoms with van der Waals surface area (Å²) in [4.78, 5) is 26.3. The molecule has 2 amide bonds. The molecule has 1 N–H and O–H groups in total. The van der Waals surface area contributed by atoms with E-state index in [4.69, 9.17) is 0 Å². The molecule has 2 unspecified atom stereocenters. The Morgan fingerprint density at radius 2 is 2.18 bits per heavy atom. The van der Waals surface area contributed by atoms with Crippen molar-refractivity contribution in [2.75, 3.05) is 24.5 Å². The fourth-order valence-corrected chi connectivity index (χ4v) is 4.79. The highest BCUT2D eigenvalue weighted by Crippen LogP contribution is 2.30. The third kappa shape index (κ3) is 3.63. The maximum Gasteiger partial charge on any atom is 0.321 e. The van der Waals surface area contributed by atoms with Crippen LogP contribution >= 0.6 is 11.3 Å². The van der Waals surface area contributed by atoms with E-state index in [1.54, 1.807) is 17.7 Å². The van der Waals surface area contributed by atoms with Crippen LogP contribution in [0, 0.1) is 11.8 Å². The van der Waals surface area contributed by atoms with E-state index in [2.05, 4.69) is 52.4 Å². The van der Waals surface area contributed by atoms with E-state index in [0.717, 1.165) is 41.2 Å². The van der Waals surface area contributed by atoms with Gasteiger partial charge in [-0.15, -0.1) is 11.3 Å². The molecule has 0 saturated carbocycles. The van der Waals surface area contributed by atoms with Gasteiger partial charge in [0, 0.05) is 25.3 Å². The first-order chi connectivity index (χ1) is 13.5. The minimum atomic E-state index is 0.00991. The SMILES string of the molecule is CC1CC=CC=C1NC(=O)N1CCN(c2ncnc3ccsc23)CC1C(C)C. The molecule has 2 aliphatic rings. The molecule has 1 aliphatic carbocycles. The number of hydrogen-bond acceptors (Lipinski definition) is 5. The summed E-state index contributed by atoms with van der Waals surface area (Å²) in [6.07, 6.45) is 8.79. The Bertz CT molecular complexity index is 918. The van der Waals surface area contributed by atoms with Crippen LogP contribution in [0.25, 0.3) is 10.2 Å². The van der Waals surface area contributed by atoms with Crippen molar-refractivity contribution in [1.29, 1.82) is 0 Å². The second-order valence-corrected chi connectivity index (χ2v) is 8.82. The van der Waals surface area contributed by atoms with Gasteiger partial charge in [0.1, 0.15) is 12.1 Å². The second-order valence-electron chi connectivity index (χ2n) is 7.90. The molecule has 0 bridgehead atoms. The van der Waals surface area contributed by atoms with Crippen LogP contribution in [0.1, 0.15) is 27.2 Å². The van der Waals surface area contributed by atoms with E-state index < -0.39 is 0 Å². The van der Waals surface area contributed by atoms with Crippen LogP contribution in [0.3, 0.4) is 0 Å². The molecule has 6 nitrogen and oxygen atoms in total. The number of carbonyl (C=O) groups is 1. The number of carbonyl (C=O) groups excluding carboxylic acids is 1. The van der Waals surface area contributed by atoms with Crippen molar-refractivity contribution in [2.24, 2.45) is 11.8 Å². The van der Waals surface area contributed by atoms with Crippen LogP contribution in [0.2, 0.25) is 0 Å². The molecular weight excluding hydrogens is 370 g/mol. The molecule has 2 atom stereocenters. The van der Waals surface area contributed by atoms with Crippen LogP contribution < -0.4 is 10.2 Å². The molecule has 0 aromatic carbocycles. The van der Waals surface area contributed by atoms with Gasteiger partial charge in [-0.25, -0.2) is 14.8 Å². The van der Waals surface area contributed by atoms with Crippen molar-refractivity contribution in [1.82, 2.24) is 20.2 Å². The van der Waals surface area contributed by atoms with Crippen LogP contribution in [-0.2, 0) is 0 Å². The van der Waals surface area contributed by atoms with Crippen molar-refractivity contribution < 1.29 is 4.79 Å². The maximum atomic E-state index is 13.0. The number of fused-ring (bicyclic) bond motifs is 1. The van der Waals surface area contributed by atoms with Crippen LogP contribution in [0.15, 0.2) is 41.7 Å². The molecule has 7 heteroatoms. The predicted molar refractivity (Wildman–Crippen MR) is 114 cm³/mol. The summed E-state index contributed by atoms with van der Waals surface area (Å²) >= 11 is 1.67. The van der Waals surface area contributed by atoms with Crippen LogP contribution in [0.4, 0.5) is 10.6 Å². The molecule has 0 spiro atoms. The molecule has 28 heavy (non-hydrogen) atoms. The first-order valence-electron chi connectivity index (χ1n) is 9.92. The zero-order valence-electron chi connectivity index (χ0n) is 16.6. The Balaban J connectivity index is 1.52. The second kappa shape index (κ2) is 7.91. The molecule has 148 valence electrons. The molecule has 2 aromatic rings. The Kier molecular flexibility index (Phi) is 5.35. The van der Waals surface area contributed by atoms with E-state index in [9.17, 15) is 4.79 Å². The van der Waals surface area contributed by atoms with Crippen molar-refractivity contribution in [3.63, 3.8) is 0 Å². The zero-order valence-corrected chi connectivity index (χ0v) is 17.4. The lowest BCUT2D eigenvalue weighted by Crippen LogP contribution is -2.59. The van der Waals surface area contributed by atoms with Gasteiger partial charge in [-0.3, -0.25) is 0 Å². The number of nitrogens with one attached hydrogen (secondary N) is 1. The minimum absolute atomic E-state index is 0.00991. The smallest absolute Gasteiger partial charge is 0.321 e. The van der Waals surface area contributed by atoms with Crippen molar-refractivity contribution in [3.05, 3.63) is 41.7 Å². The third-order valence-corrected chi connectivity index (χ3v) is 6.56. The molecule has 1 aliphatic heterocycles. The molecule has 4 rings (SSSR count). The predicted octanol–water partition coefficient (Wildman–Crippen LogP) is 4.03. The summed E-state index contributed by atoms with van der Waals surface area (Å²) in [5.41, 5.74) is 2.00. The van der Waals surface area contributed by atoms with Gasteiger partial charge in [-0.05, 0) is 35.8 Å². The Labute approximate surface area is 170 Å². The van der Waals surface area contributed by atoms with Gasteiger partial charge in [-0.2, -0.15) is 0 Å². The van der Waals surface area contributed by atoms with E-state index >= 15 is 0 Å². The molecule has 0 radical (unpaired) electrons. The zero-order chi connectivity index (χ0) is 19.7. The van der Waals surface area contributed by atoms with Crippen molar-refractivity contribution in [2.45, 2.75) is 33.2 Å². The van der Waals surface area contributed by atoms with Gasteiger partial charge in [0.25, 0.3) is 0 Å². The highest BCUT2D eigenvalue weighted by Gasteiger charge is 2.34. The average Bonchev–Trinajstić information content (AvgIpc) is 3.18. The molecule has 2 aromatic heterocycles. The standard InChI is InChI=1S/C21H27N5OS/c1-14(2)18-12-25(20-19-17(8-11-28-19)22-13-23-20)9-10-26(18)21(27)24-16-7-5-4-6-15(16)3/h4-5,7-8,11,13-15,18H,6,9-10,12H2,1-3H3,(H,24,27). The quantitative estimate of drug-likeness (QED) is 0.849. The van der Waals surface area contributed by atoms with Gasteiger partial charge >= 0.3 is 6.03 Å². The van der Waals surface area contributed by atoms with E-state index in [0.29, 0.717) is 18.4 Å². The average molecular weight is 398 g/mol. The van der Waals surface area contributed by atoms with E-state index in [1.807, 2.05) is 23.1 Å². The Morgan fingerprint density at radius 1 is 1.32 bits per heavy atom. The van der Waals surface area contributed by atoms with E-state index in [-0.39, 0.29) is 12.1 Å². The number of urea groups is 1. The number of piperazine rings is 1. The number of amides is 2. The lowest BCUT2D eigenvalue weighted by Gasteiger charge is -2.44. The lowest BCUT2D eigenvalue weighted by atomic mass is 9.98. The third-order valence-electron chi connectivity index (χ3n) is 5.66. The van der Waals surface area contributed by atoms with E-state index in [1.165, 1.54) is 0 Å². The summed E-state index contributed by atoms with van der Waals surface area (Å²) in [6.45, 7) is 8.75. The summed E-state index contributed by atoms with van der Waals surface area (Å²) in [7, 11) is 0. The molecule has 3 heterocycles. The number of anilines is 1. The monoisotopic (exact) mass is 397 g/mol. The summed E-state index contributed by atoms with van der Waals surface area (Å²) in [5, 5.41) is 5.21. The number of thiophene rings is 1. The normalized spacial score (nSPS) is 22.6. The maximum absolute atomic E-state index is 13.0. The summed E-state index contributed by atoms with van der Waals surface area (Å²) in [5.74, 6) is 1.69. The first kappa shape index (κ1) is 18.9. The first-order valence-corrected chi connectivity index (χ1v) is 10.8. The number of nitrogens with zero attached hydrogens (tertiary/aromatic N) is 4. The Hall–Kier alpha value is -2.41. The van der Waals surface area contributed by atoms with Gasteiger partial charge < -0.3 is 15.1 Å². The van der Waals surface area contributed by atoms with Crippen molar-refractivity contribution >= 4 is 33.4 Å². The van der Waals surface area contributed by atoms with Gasteiger partial charge in [0.2, 0.25) is 0 Å². The number of hydrogen-bond donors (Lipinski definition) is 1. The van der Waals surface area contributed by atoms with Gasteiger partial charge in [0.15, 0.2) is 0 Å². The largest absolute Gasteiger partial charge is 0.351 e. The number of allylic oxidation sites excluding steroid dienone is 4. The van der Waals surface area contributed by atoms with Crippen LogP contribution in [-0.4, -0.2) is 46.6 Å². The highest BCUT2D eigenvalue weighted by molar-refractivity contribution is 7.17. The fraction of sp³-hybridized carbons (Fsp3) is 0.476. The summed E-state index contributed by atoms with van der Waals surface area (Å²) < 4.78 is 1.12. The fourth-order valence-electron chi connectivity index (χ4n) is 3.93. The van der Waals surface area contributed by atoms with Crippen LogP contribution in [0.5, 0.6) is 0 Å². The number of aromatic nitrogens is 2. The summed E-state index contributed by atoms with van der Waals surface area (Å²) in [6, 6.07) is 2.17. The Morgan fingerprint density at radius 3 is 2.96 bits per heavy atom. The number of rotatable bonds is 3. The topological polar surface area (TPSA) is 61.4 Å². The lowest BCUT2D eigenvalue weighted by molar-refractivity contribution is 0.146. The van der Waals surface area contributed by atoms with Gasteiger partial charge in [0.05, 0.1) is 16.3 Å². The van der Waals surface area contributed by atoms with Crippen molar-refractivity contribution in [3.8, 4) is 0 Å². The molecule has 1 saturated heterocycles. The minimum Gasteiger partial charge on any atom is -0.351 e. The highest BCUT2D eigenvalue weighted by atomic mass is 32.1. The van der Waals surface area contributed by atoms with Gasteiger partial charge in [-0.1, -0.05) is 32.9 Å².